The van der Waals surface area contributed by atoms with E-state index in [1.54, 1.807) is 36.3 Å². The van der Waals surface area contributed by atoms with E-state index < -0.39 is 32.9 Å². The minimum Gasteiger partial charge on any atom is -0.364 e. The Balaban J connectivity index is 1.90. The molecule has 0 bridgehead atoms. The first-order valence-corrected chi connectivity index (χ1v) is 12.6. The summed E-state index contributed by atoms with van der Waals surface area (Å²) in [6.45, 7) is -0.0561. The van der Waals surface area contributed by atoms with Crippen LogP contribution in [0.25, 0.3) is 22.0 Å². The van der Waals surface area contributed by atoms with Crippen molar-refractivity contribution < 1.29 is 22.0 Å². The van der Waals surface area contributed by atoms with Crippen molar-refractivity contribution in [2.45, 2.75) is 12.3 Å². The zero-order valence-electron chi connectivity index (χ0n) is 18.7. The third-order valence-electron chi connectivity index (χ3n) is 6.06. The summed E-state index contributed by atoms with van der Waals surface area (Å²) in [7, 11) is -1.82. The number of rotatable bonds is 4. The predicted molar refractivity (Wildman–Crippen MR) is 128 cm³/mol. The van der Waals surface area contributed by atoms with Crippen molar-refractivity contribution >= 4 is 38.0 Å². The van der Waals surface area contributed by atoms with E-state index in [1.165, 1.54) is 10.6 Å². The minimum atomic E-state index is -3.36. The first-order chi connectivity index (χ1) is 16.4. The number of hydrogen-bond acceptors (Lipinski definition) is 5. The largest absolute Gasteiger partial charge is 0.364 e. The fraction of sp³-hybridized carbons (Fsp3) is 0.167. The van der Waals surface area contributed by atoms with Gasteiger partial charge in [0.2, 0.25) is 0 Å². The standard InChI is InChI=1S/C24H20F2N4O4S/c1-29-9-15-14-7-12(11-35(2,33)34)3-5-18(14)30(19-6-4-13(25)8-17(19)26)10-16-20(15)22(24(29)32)28-21(16)23(27)31/h3-9,28H,10-11H2,1-2H3,(H2,27,31). The Hall–Kier alpha value is -3.99. The second-order valence-corrected chi connectivity index (χ2v) is 10.8. The van der Waals surface area contributed by atoms with Crippen LogP contribution in [0.1, 0.15) is 21.6 Å². The van der Waals surface area contributed by atoms with E-state index in [-0.39, 0.29) is 29.2 Å². The van der Waals surface area contributed by atoms with E-state index >= 15 is 0 Å². The van der Waals surface area contributed by atoms with Crippen LogP contribution in [0.3, 0.4) is 0 Å². The maximum absolute atomic E-state index is 15.0. The summed E-state index contributed by atoms with van der Waals surface area (Å²) >= 11 is 0. The van der Waals surface area contributed by atoms with E-state index in [4.69, 9.17) is 5.73 Å². The number of aromatic nitrogens is 2. The van der Waals surface area contributed by atoms with Crippen LogP contribution in [-0.4, -0.2) is 30.1 Å². The maximum Gasteiger partial charge on any atom is 0.274 e. The Morgan fingerprint density at radius 1 is 1.11 bits per heavy atom. The third kappa shape index (κ3) is 3.77. The Kier molecular flexibility index (Phi) is 5.06. The van der Waals surface area contributed by atoms with E-state index in [0.717, 1.165) is 18.4 Å². The SMILES string of the molecule is Cn1cc2c3c(c(C(N)=O)[nH]c3c1=O)CN(c1ccc(F)cc1F)c1ccc(CS(C)(=O)=O)cc1-2. The van der Waals surface area contributed by atoms with Crippen molar-refractivity contribution in [2.75, 3.05) is 11.2 Å². The Morgan fingerprint density at radius 3 is 2.49 bits per heavy atom. The number of nitrogens with zero attached hydrogens (tertiary/aromatic N) is 2. The molecule has 0 unspecified atom stereocenters. The van der Waals surface area contributed by atoms with E-state index in [2.05, 4.69) is 4.98 Å². The van der Waals surface area contributed by atoms with Crippen molar-refractivity contribution in [1.82, 2.24) is 9.55 Å². The highest BCUT2D eigenvalue weighted by Gasteiger charge is 2.30. The lowest BCUT2D eigenvalue weighted by molar-refractivity contribution is 0.0995. The lowest BCUT2D eigenvalue weighted by Gasteiger charge is -2.26. The number of hydrogen-bond donors (Lipinski definition) is 2. The number of pyridine rings is 1. The number of aryl methyl sites for hydroxylation is 1. The highest BCUT2D eigenvalue weighted by atomic mass is 32.2. The number of carbonyl (C=O) groups excluding carboxylic acids is 1. The van der Waals surface area contributed by atoms with Crippen molar-refractivity contribution in [3.05, 3.63) is 81.4 Å². The zero-order valence-corrected chi connectivity index (χ0v) is 19.5. The highest BCUT2D eigenvalue weighted by Crippen LogP contribution is 2.45. The molecule has 5 rings (SSSR count). The number of aromatic amines is 1. The molecule has 8 nitrogen and oxygen atoms in total. The summed E-state index contributed by atoms with van der Waals surface area (Å²) in [5.74, 6) is -2.61. The number of H-pyrrole nitrogens is 1. The number of nitrogens with two attached hydrogens (primary N) is 1. The van der Waals surface area contributed by atoms with Crippen molar-refractivity contribution in [3.63, 3.8) is 0 Å². The number of primary amides is 1. The molecular weight excluding hydrogens is 478 g/mol. The third-order valence-corrected chi connectivity index (χ3v) is 6.92. The summed E-state index contributed by atoms with van der Waals surface area (Å²) in [5.41, 5.74) is 7.81. The van der Waals surface area contributed by atoms with Crippen LogP contribution in [0.15, 0.2) is 47.4 Å². The number of fused-ring (bicyclic) bond motifs is 2. The van der Waals surface area contributed by atoms with Crippen LogP contribution in [0.5, 0.6) is 0 Å². The average molecular weight is 499 g/mol. The molecule has 0 saturated heterocycles. The van der Waals surface area contributed by atoms with Gasteiger partial charge in [0.05, 0.1) is 18.0 Å². The first-order valence-electron chi connectivity index (χ1n) is 10.5. The normalized spacial score (nSPS) is 13.1. The van der Waals surface area contributed by atoms with Crippen LogP contribution < -0.4 is 16.2 Å². The second-order valence-electron chi connectivity index (χ2n) is 8.66. The lowest BCUT2D eigenvalue weighted by atomic mass is 9.99. The molecule has 180 valence electrons. The maximum atomic E-state index is 15.0. The fourth-order valence-corrected chi connectivity index (χ4v) is 5.43. The molecule has 3 N–H and O–H groups in total. The average Bonchev–Trinajstić information content (AvgIpc) is 3.08. The smallest absolute Gasteiger partial charge is 0.274 e. The molecule has 0 spiro atoms. The van der Waals surface area contributed by atoms with Gasteiger partial charge in [0, 0.05) is 53.3 Å². The number of sulfone groups is 1. The molecule has 3 heterocycles. The number of amides is 1. The number of anilines is 2. The Morgan fingerprint density at radius 2 is 1.83 bits per heavy atom. The monoisotopic (exact) mass is 498 g/mol. The number of benzene rings is 2. The molecule has 1 aliphatic rings. The summed E-state index contributed by atoms with van der Waals surface area (Å²) in [6, 6.07) is 8.07. The number of carbonyl (C=O) groups is 1. The molecule has 0 saturated carbocycles. The van der Waals surface area contributed by atoms with Crippen molar-refractivity contribution in [2.24, 2.45) is 12.8 Å². The van der Waals surface area contributed by atoms with Crippen LogP contribution in [0.2, 0.25) is 0 Å². The van der Waals surface area contributed by atoms with Crippen molar-refractivity contribution in [1.29, 1.82) is 0 Å². The quantitative estimate of drug-likeness (QED) is 0.448. The molecule has 0 aliphatic carbocycles. The fourth-order valence-electron chi connectivity index (χ4n) is 4.65. The van der Waals surface area contributed by atoms with E-state index in [0.29, 0.717) is 33.3 Å². The van der Waals surface area contributed by atoms with Gasteiger partial charge in [0.25, 0.3) is 11.5 Å². The molecule has 0 radical (unpaired) electrons. The van der Waals surface area contributed by atoms with E-state index in [1.807, 2.05) is 0 Å². The molecule has 4 aromatic rings. The van der Waals surface area contributed by atoms with Gasteiger partial charge in [-0.3, -0.25) is 9.59 Å². The van der Waals surface area contributed by atoms with Gasteiger partial charge < -0.3 is 20.2 Å². The summed E-state index contributed by atoms with van der Waals surface area (Å²) < 4.78 is 53.9. The van der Waals surface area contributed by atoms with Gasteiger partial charge in [-0.05, 0) is 29.8 Å². The lowest BCUT2D eigenvalue weighted by Crippen LogP contribution is -2.21. The van der Waals surface area contributed by atoms with Crippen molar-refractivity contribution in [3.8, 4) is 11.1 Å². The molecule has 0 atom stereocenters. The predicted octanol–water partition coefficient (Wildman–Crippen LogP) is 3.11. The summed E-state index contributed by atoms with van der Waals surface area (Å²) in [4.78, 5) is 29.6. The minimum absolute atomic E-state index is 0.00114. The first kappa shape index (κ1) is 22.8. The molecule has 35 heavy (non-hydrogen) atoms. The van der Waals surface area contributed by atoms with Crippen LogP contribution in [0.4, 0.5) is 20.2 Å². The molecular formula is C24H20F2N4O4S. The topological polar surface area (TPSA) is 118 Å². The van der Waals surface area contributed by atoms with Gasteiger partial charge in [0.1, 0.15) is 22.8 Å². The molecule has 2 aromatic carbocycles. The van der Waals surface area contributed by atoms with Crippen LogP contribution >= 0.6 is 0 Å². The van der Waals surface area contributed by atoms with Gasteiger partial charge in [-0.2, -0.15) is 0 Å². The number of nitrogens with one attached hydrogen (secondary N) is 1. The van der Waals surface area contributed by atoms with Gasteiger partial charge in [-0.15, -0.1) is 0 Å². The van der Waals surface area contributed by atoms with Gasteiger partial charge in [-0.25, -0.2) is 17.2 Å². The zero-order chi connectivity index (χ0) is 25.2. The Bertz CT molecular complexity index is 1720. The molecule has 0 fully saturated rings. The summed E-state index contributed by atoms with van der Waals surface area (Å²) in [6.07, 6.45) is 2.70. The van der Waals surface area contributed by atoms with Gasteiger partial charge in [0.15, 0.2) is 9.84 Å². The molecule has 1 aliphatic heterocycles. The highest BCUT2D eigenvalue weighted by molar-refractivity contribution is 7.89. The van der Waals surface area contributed by atoms with Gasteiger partial charge >= 0.3 is 0 Å². The number of halogens is 2. The molecule has 1 amide bonds. The second kappa shape index (κ2) is 7.77. The van der Waals surface area contributed by atoms with Crippen LogP contribution in [0, 0.1) is 11.6 Å². The molecule has 2 aromatic heterocycles. The van der Waals surface area contributed by atoms with Crippen LogP contribution in [-0.2, 0) is 29.2 Å². The molecule has 11 heteroatoms. The van der Waals surface area contributed by atoms with Gasteiger partial charge in [-0.1, -0.05) is 6.07 Å². The van der Waals surface area contributed by atoms with E-state index in [9.17, 15) is 26.8 Å². The Labute approximate surface area is 198 Å². The summed E-state index contributed by atoms with van der Waals surface area (Å²) in [5, 5.41) is 0.435.